The van der Waals surface area contributed by atoms with E-state index in [4.69, 9.17) is 27.4 Å². The largest absolute Gasteiger partial charge is 0.505 e. The van der Waals surface area contributed by atoms with E-state index in [1.165, 1.54) is 0 Å². The van der Waals surface area contributed by atoms with E-state index in [1.54, 1.807) is 18.2 Å². The lowest BCUT2D eigenvalue weighted by atomic mass is 10.1. The summed E-state index contributed by atoms with van der Waals surface area (Å²) in [6.07, 6.45) is 0. The summed E-state index contributed by atoms with van der Waals surface area (Å²) in [5.74, 6) is -0.487. The van der Waals surface area contributed by atoms with Crippen LogP contribution in [0.4, 0.5) is 0 Å². The Morgan fingerprint density at radius 3 is 2.07 bits per heavy atom. The summed E-state index contributed by atoms with van der Waals surface area (Å²) < 4.78 is 0. The van der Waals surface area contributed by atoms with Gasteiger partial charge >= 0.3 is 0 Å². The Kier molecular flexibility index (Phi) is 2.58. The van der Waals surface area contributed by atoms with Gasteiger partial charge in [0.05, 0.1) is 16.1 Å². The van der Waals surface area contributed by atoms with Crippen LogP contribution in [0.15, 0.2) is 6.07 Å². The van der Waals surface area contributed by atoms with E-state index in [0.29, 0.717) is 0 Å². The average Bonchev–Trinajstić information content (AvgIpc) is 2.19. The maximum Gasteiger partial charge on any atom is 0.152 e. The molecule has 0 spiro atoms. The number of aromatic hydroxyl groups is 1. The van der Waals surface area contributed by atoms with Crippen molar-refractivity contribution < 1.29 is 5.11 Å². The molecule has 14 heavy (non-hydrogen) atoms. The van der Waals surface area contributed by atoms with Crippen LogP contribution in [-0.2, 0) is 0 Å². The lowest BCUT2D eigenvalue weighted by Gasteiger charge is -2.02. The number of nitriles is 3. The zero-order chi connectivity index (χ0) is 10.7. The number of phenolic OH excluding ortho intramolecular Hbond substituents is 1. The minimum Gasteiger partial charge on any atom is -0.505 e. The van der Waals surface area contributed by atoms with Crippen LogP contribution >= 0.6 is 11.6 Å². The van der Waals surface area contributed by atoms with Crippen molar-refractivity contribution in [2.75, 3.05) is 0 Å². The van der Waals surface area contributed by atoms with Crippen molar-refractivity contribution in [1.29, 1.82) is 15.8 Å². The van der Waals surface area contributed by atoms with Crippen LogP contribution in [0, 0.1) is 34.0 Å². The summed E-state index contributed by atoms with van der Waals surface area (Å²) in [6, 6.07) is 6.15. The second-order valence-electron chi connectivity index (χ2n) is 2.34. The fraction of sp³-hybridized carbons (Fsp3) is 0. The van der Waals surface area contributed by atoms with E-state index in [9.17, 15) is 5.11 Å². The Bertz CT molecular complexity index is 479. The van der Waals surface area contributed by atoms with E-state index in [2.05, 4.69) is 0 Å². The van der Waals surface area contributed by atoms with Crippen molar-refractivity contribution in [3.63, 3.8) is 0 Å². The molecule has 0 aliphatic carbocycles. The lowest BCUT2D eigenvalue weighted by molar-refractivity contribution is 0.472. The number of hydrogen-bond acceptors (Lipinski definition) is 4. The summed E-state index contributed by atoms with van der Waals surface area (Å²) in [5, 5.41) is 35.0. The Labute approximate surface area is 84.8 Å². The Balaban J connectivity index is 3.71. The van der Waals surface area contributed by atoms with Crippen molar-refractivity contribution >= 4 is 11.6 Å². The molecule has 66 valence electrons. The first kappa shape index (κ1) is 9.86. The van der Waals surface area contributed by atoms with Crippen molar-refractivity contribution in [3.8, 4) is 24.0 Å². The third kappa shape index (κ3) is 1.33. The Morgan fingerprint density at radius 1 is 1.07 bits per heavy atom. The average molecular weight is 204 g/mol. The van der Waals surface area contributed by atoms with Gasteiger partial charge in [0.15, 0.2) is 5.75 Å². The third-order valence-electron chi connectivity index (χ3n) is 1.59. The van der Waals surface area contributed by atoms with Crippen LogP contribution < -0.4 is 0 Å². The van der Waals surface area contributed by atoms with E-state index in [1.807, 2.05) is 0 Å². The van der Waals surface area contributed by atoms with Crippen LogP contribution in [-0.4, -0.2) is 5.11 Å². The summed E-state index contributed by atoms with van der Waals surface area (Å²) in [4.78, 5) is 0. The maximum atomic E-state index is 9.35. The molecule has 4 nitrogen and oxygen atoms in total. The van der Waals surface area contributed by atoms with Crippen molar-refractivity contribution in [2.45, 2.75) is 0 Å². The molecule has 0 saturated heterocycles. The topological polar surface area (TPSA) is 91.6 Å². The van der Waals surface area contributed by atoms with Gasteiger partial charge in [-0.25, -0.2) is 0 Å². The molecule has 5 heteroatoms. The van der Waals surface area contributed by atoms with Gasteiger partial charge < -0.3 is 5.11 Å². The van der Waals surface area contributed by atoms with E-state index < -0.39 is 5.75 Å². The molecule has 1 N–H and O–H groups in total. The molecule has 0 aliphatic rings. The van der Waals surface area contributed by atoms with Gasteiger partial charge in [-0.1, -0.05) is 11.6 Å². The van der Waals surface area contributed by atoms with Crippen molar-refractivity contribution in [2.24, 2.45) is 0 Å². The standard InChI is InChI=1S/C9H2ClN3O/c10-8-5(2-11)1-6(3-12)9(14)7(8)4-13/h1,14H. The Morgan fingerprint density at radius 2 is 1.64 bits per heavy atom. The predicted octanol–water partition coefficient (Wildman–Crippen LogP) is 1.66. The first-order valence-corrected chi connectivity index (χ1v) is 3.79. The number of rotatable bonds is 0. The van der Waals surface area contributed by atoms with Crippen LogP contribution in [0.25, 0.3) is 0 Å². The molecule has 0 atom stereocenters. The minimum atomic E-state index is -0.487. The van der Waals surface area contributed by atoms with Gasteiger partial charge in [0.1, 0.15) is 23.8 Å². The molecule has 0 radical (unpaired) electrons. The number of benzene rings is 1. The molecule has 1 rings (SSSR count). The number of nitrogens with zero attached hydrogens (tertiary/aromatic N) is 3. The van der Waals surface area contributed by atoms with Crippen LogP contribution in [0.2, 0.25) is 5.02 Å². The van der Waals surface area contributed by atoms with Gasteiger partial charge in [-0.2, -0.15) is 15.8 Å². The second-order valence-corrected chi connectivity index (χ2v) is 2.72. The summed E-state index contributed by atoms with van der Waals surface area (Å²) >= 11 is 5.63. The summed E-state index contributed by atoms with van der Waals surface area (Å²) in [5.41, 5.74) is -0.387. The summed E-state index contributed by atoms with van der Waals surface area (Å²) in [6.45, 7) is 0. The van der Waals surface area contributed by atoms with Gasteiger partial charge in [-0.05, 0) is 6.07 Å². The van der Waals surface area contributed by atoms with Gasteiger partial charge in [-0.3, -0.25) is 0 Å². The van der Waals surface area contributed by atoms with Crippen molar-refractivity contribution in [3.05, 3.63) is 27.8 Å². The van der Waals surface area contributed by atoms with Crippen LogP contribution in [0.3, 0.4) is 0 Å². The molecule has 0 heterocycles. The molecular weight excluding hydrogens is 202 g/mol. The fourth-order valence-corrected chi connectivity index (χ4v) is 1.15. The van der Waals surface area contributed by atoms with Crippen LogP contribution in [0.5, 0.6) is 5.75 Å². The van der Waals surface area contributed by atoms with Gasteiger partial charge in [-0.15, -0.1) is 0 Å². The first-order chi connectivity index (χ1) is 6.65. The SMILES string of the molecule is N#Cc1cc(C#N)c(Cl)c(C#N)c1O. The van der Waals surface area contributed by atoms with E-state index >= 15 is 0 Å². The van der Waals surface area contributed by atoms with Gasteiger partial charge in [0.2, 0.25) is 0 Å². The minimum absolute atomic E-state index is 0.00225. The zero-order valence-corrected chi connectivity index (χ0v) is 7.50. The predicted molar refractivity (Wildman–Crippen MR) is 47.3 cm³/mol. The van der Waals surface area contributed by atoms with E-state index in [-0.39, 0.29) is 21.7 Å². The van der Waals surface area contributed by atoms with Gasteiger partial charge in [0, 0.05) is 0 Å². The summed E-state index contributed by atoms with van der Waals surface area (Å²) in [7, 11) is 0. The Hall–Kier alpha value is -2.22. The highest BCUT2D eigenvalue weighted by Crippen LogP contribution is 2.31. The van der Waals surface area contributed by atoms with Crippen molar-refractivity contribution in [1.82, 2.24) is 0 Å². The zero-order valence-electron chi connectivity index (χ0n) is 6.74. The molecule has 1 aromatic carbocycles. The molecular formula is C9H2ClN3O. The molecule has 0 unspecified atom stereocenters. The number of hydrogen-bond donors (Lipinski definition) is 1. The maximum absolute atomic E-state index is 9.35. The third-order valence-corrected chi connectivity index (χ3v) is 1.98. The highest BCUT2D eigenvalue weighted by Gasteiger charge is 2.15. The number of halogens is 1. The number of phenols is 1. The smallest absolute Gasteiger partial charge is 0.152 e. The first-order valence-electron chi connectivity index (χ1n) is 3.41. The molecule has 0 aromatic heterocycles. The normalized spacial score (nSPS) is 8.43. The fourth-order valence-electron chi connectivity index (χ4n) is 0.918. The molecule has 0 amide bonds. The van der Waals surface area contributed by atoms with E-state index in [0.717, 1.165) is 6.07 Å². The monoisotopic (exact) mass is 203 g/mol. The molecule has 0 saturated carbocycles. The highest BCUT2D eigenvalue weighted by atomic mass is 35.5. The molecule has 0 bridgehead atoms. The molecule has 0 fully saturated rings. The quantitative estimate of drug-likeness (QED) is 0.694. The molecule has 1 aromatic rings. The molecule has 0 aliphatic heterocycles. The van der Waals surface area contributed by atoms with Crippen LogP contribution in [0.1, 0.15) is 16.7 Å². The lowest BCUT2D eigenvalue weighted by Crippen LogP contribution is -1.89. The van der Waals surface area contributed by atoms with Gasteiger partial charge in [0.25, 0.3) is 0 Å². The highest BCUT2D eigenvalue weighted by molar-refractivity contribution is 6.33. The second kappa shape index (κ2) is 3.66.